The lowest BCUT2D eigenvalue weighted by Crippen LogP contribution is -2.39. The van der Waals surface area contributed by atoms with Crippen LogP contribution >= 0.6 is 11.6 Å². The summed E-state index contributed by atoms with van der Waals surface area (Å²) in [6.07, 6.45) is 1.38. The van der Waals surface area contributed by atoms with Gasteiger partial charge in [-0.15, -0.1) is 0 Å². The predicted molar refractivity (Wildman–Crippen MR) is 83.8 cm³/mol. The molecule has 7 nitrogen and oxygen atoms in total. The molecule has 23 heavy (non-hydrogen) atoms. The second-order valence-electron chi connectivity index (χ2n) is 5.01. The highest BCUT2D eigenvalue weighted by Gasteiger charge is 2.44. The van der Waals surface area contributed by atoms with E-state index in [2.05, 4.69) is 5.32 Å². The highest BCUT2D eigenvalue weighted by molar-refractivity contribution is 6.45. The van der Waals surface area contributed by atoms with Gasteiger partial charge in [-0.05, 0) is 18.6 Å². The molecule has 1 aliphatic rings. The van der Waals surface area contributed by atoms with Gasteiger partial charge in [0.05, 0.1) is 10.7 Å². The van der Waals surface area contributed by atoms with E-state index in [0.717, 1.165) is 11.3 Å². The van der Waals surface area contributed by atoms with Gasteiger partial charge in [0, 0.05) is 6.54 Å². The van der Waals surface area contributed by atoms with Gasteiger partial charge in [0.1, 0.15) is 6.54 Å². The monoisotopic (exact) mass is 337 g/mol. The number of imide groups is 2. The molecule has 1 fully saturated rings. The Balaban J connectivity index is 2.03. The van der Waals surface area contributed by atoms with Crippen molar-refractivity contribution < 1.29 is 19.2 Å². The molecular weight excluding hydrogens is 322 g/mol. The maximum absolute atomic E-state index is 12.1. The third kappa shape index (κ3) is 3.68. The molecule has 1 aromatic carbocycles. The number of unbranched alkanes of at least 4 members (excludes halogenated alkanes) is 1. The Morgan fingerprint density at radius 3 is 2.43 bits per heavy atom. The Bertz CT molecular complexity index is 662. The van der Waals surface area contributed by atoms with Crippen molar-refractivity contribution in [1.82, 2.24) is 9.80 Å². The lowest BCUT2D eigenvalue weighted by Gasteiger charge is -2.15. The highest BCUT2D eigenvalue weighted by atomic mass is 35.5. The summed E-state index contributed by atoms with van der Waals surface area (Å²) in [5.41, 5.74) is 0.368. The molecule has 1 saturated heterocycles. The van der Waals surface area contributed by atoms with Crippen LogP contribution in [0.15, 0.2) is 24.3 Å². The molecule has 0 unspecified atom stereocenters. The van der Waals surface area contributed by atoms with Crippen LogP contribution in [0, 0.1) is 0 Å². The Morgan fingerprint density at radius 1 is 1.13 bits per heavy atom. The third-order valence-electron chi connectivity index (χ3n) is 3.32. The van der Waals surface area contributed by atoms with Gasteiger partial charge < -0.3 is 5.32 Å². The van der Waals surface area contributed by atoms with Crippen molar-refractivity contribution in [3.8, 4) is 0 Å². The van der Waals surface area contributed by atoms with Crippen LogP contribution in [-0.4, -0.2) is 46.6 Å². The van der Waals surface area contributed by atoms with Crippen LogP contribution in [0.2, 0.25) is 5.02 Å². The van der Waals surface area contributed by atoms with Crippen LogP contribution in [0.25, 0.3) is 0 Å². The second-order valence-corrected chi connectivity index (χ2v) is 5.42. The fourth-order valence-corrected chi connectivity index (χ4v) is 2.28. The smallest absolute Gasteiger partial charge is 0.323 e. The Kier molecular flexibility index (Phi) is 5.33. The molecule has 0 atom stereocenters. The van der Waals surface area contributed by atoms with E-state index < -0.39 is 30.3 Å². The summed E-state index contributed by atoms with van der Waals surface area (Å²) < 4.78 is 0. The van der Waals surface area contributed by atoms with Gasteiger partial charge in [-0.1, -0.05) is 37.1 Å². The molecular formula is C15H16ClN3O4. The summed E-state index contributed by atoms with van der Waals surface area (Å²) in [6, 6.07) is 5.81. The van der Waals surface area contributed by atoms with E-state index in [9.17, 15) is 19.2 Å². The van der Waals surface area contributed by atoms with E-state index in [1.165, 1.54) is 0 Å². The van der Waals surface area contributed by atoms with Crippen LogP contribution < -0.4 is 5.32 Å². The van der Waals surface area contributed by atoms with E-state index in [1.54, 1.807) is 24.3 Å². The number of nitrogens with zero attached hydrogens (tertiary/aromatic N) is 2. The fourth-order valence-electron chi connectivity index (χ4n) is 2.10. The first-order valence-corrected chi connectivity index (χ1v) is 7.55. The quantitative estimate of drug-likeness (QED) is 0.634. The third-order valence-corrected chi connectivity index (χ3v) is 3.65. The standard InChI is InChI=1S/C15H16ClN3O4/c1-2-3-8-18-13(21)14(22)19(15(18)23)9-12(20)17-11-7-5-4-6-10(11)16/h4-7H,2-3,8-9H2,1H3,(H,17,20). The first kappa shape index (κ1) is 17.0. The fraction of sp³-hybridized carbons (Fsp3) is 0.333. The number of urea groups is 1. The normalized spacial score (nSPS) is 14.6. The SMILES string of the molecule is CCCCN1C(=O)C(=O)N(CC(=O)Nc2ccccc2Cl)C1=O. The number of hydrogen-bond acceptors (Lipinski definition) is 4. The van der Waals surface area contributed by atoms with Crippen molar-refractivity contribution in [2.24, 2.45) is 0 Å². The van der Waals surface area contributed by atoms with Gasteiger partial charge >= 0.3 is 17.8 Å². The highest BCUT2D eigenvalue weighted by Crippen LogP contribution is 2.20. The molecule has 0 saturated carbocycles. The number of carbonyl (C=O) groups excluding carboxylic acids is 4. The zero-order valence-electron chi connectivity index (χ0n) is 12.5. The molecule has 5 amide bonds. The molecule has 0 aliphatic carbocycles. The summed E-state index contributed by atoms with van der Waals surface area (Å²) >= 11 is 5.92. The maximum atomic E-state index is 12.1. The van der Waals surface area contributed by atoms with E-state index in [0.29, 0.717) is 22.0 Å². The van der Waals surface area contributed by atoms with Gasteiger partial charge in [-0.25, -0.2) is 9.69 Å². The number of nitrogens with one attached hydrogen (secondary N) is 1. The van der Waals surface area contributed by atoms with E-state index in [-0.39, 0.29) is 6.54 Å². The first-order chi connectivity index (χ1) is 11.0. The average molecular weight is 338 g/mol. The van der Waals surface area contributed by atoms with Gasteiger partial charge in [0.25, 0.3) is 0 Å². The molecule has 0 bridgehead atoms. The molecule has 1 aromatic rings. The molecule has 1 heterocycles. The maximum Gasteiger partial charge on any atom is 0.334 e. The van der Waals surface area contributed by atoms with Gasteiger partial charge in [-0.3, -0.25) is 19.3 Å². The first-order valence-electron chi connectivity index (χ1n) is 7.17. The van der Waals surface area contributed by atoms with Crippen LogP contribution in [0.3, 0.4) is 0 Å². The lowest BCUT2D eigenvalue weighted by molar-refractivity contribution is -0.143. The molecule has 2 rings (SSSR count). The van der Waals surface area contributed by atoms with Crippen molar-refractivity contribution in [2.75, 3.05) is 18.4 Å². The van der Waals surface area contributed by atoms with E-state index in [1.807, 2.05) is 6.92 Å². The largest absolute Gasteiger partial charge is 0.334 e. The topological polar surface area (TPSA) is 86.8 Å². The summed E-state index contributed by atoms with van der Waals surface area (Å²) in [5, 5.41) is 2.84. The van der Waals surface area contributed by atoms with Gasteiger partial charge in [-0.2, -0.15) is 0 Å². The lowest BCUT2D eigenvalue weighted by atomic mass is 10.3. The number of amides is 5. The van der Waals surface area contributed by atoms with Crippen molar-refractivity contribution in [1.29, 1.82) is 0 Å². The van der Waals surface area contributed by atoms with E-state index >= 15 is 0 Å². The minimum Gasteiger partial charge on any atom is -0.323 e. The summed E-state index contributed by atoms with van der Waals surface area (Å²) in [4.78, 5) is 49.2. The number of rotatable bonds is 6. The molecule has 1 N–H and O–H groups in total. The molecule has 0 spiro atoms. The minimum absolute atomic E-state index is 0.169. The minimum atomic E-state index is -0.986. The van der Waals surface area contributed by atoms with Crippen molar-refractivity contribution >= 4 is 41.0 Å². The van der Waals surface area contributed by atoms with Crippen molar-refractivity contribution in [3.63, 3.8) is 0 Å². The summed E-state index contributed by atoms with van der Waals surface area (Å²) in [6.45, 7) is 1.54. The Labute approximate surface area is 138 Å². The van der Waals surface area contributed by atoms with E-state index in [4.69, 9.17) is 11.6 Å². The number of halogens is 1. The average Bonchev–Trinajstić information content (AvgIpc) is 2.72. The number of benzene rings is 1. The molecule has 122 valence electrons. The van der Waals surface area contributed by atoms with Crippen molar-refractivity contribution in [3.05, 3.63) is 29.3 Å². The molecule has 1 aliphatic heterocycles. The Hall–Kier alpha value is -2.41. The van der Waals surface area contributed by atoms with Gasteiger partial charge in [0.2, 0.25) is 5.91 Å². The van der Waals surface area contributed by atoms with Gasteiger partial charge in [0.15, 0.2) is 0 Å². The molecule has 0 radical (unpaired) electrons. The zero-order chi connectivity index (χ0) is 17.0. The zero-order valence-corrected chi connectivity index (χ0v) is 13.3. The number of para-hydroxylation sites is 1. The Morgan fingerprint density at radius 2 is 1.78 bits per heavy atom. The van der Waals surface area contributed by atoms with Crippen LogP contribution in [0.5, 0.6) is 0 Å². The van der Waals surface area contributed by atoms with Crippen LogP contribution in [0.4, 0.5) is 10.5 Å². The van der Waals surface area contributed by atoms with Crippen LogP contribution in [0.1, 0.15) is 19.8 Å². The predicted octanol–water partition coefficient (Wildman–Crippen LogP) is 1.87. The summed E-state index contributed by atoms with van der Waals surface area (Å²) in [7, 11) is 0. The molecule has 0 aromatic heterocycles. The number of anilines is 1. The number of hydrogen-bond donors (Lipinski definition) is 1. The second kappa shape index (κ2) is 7.23. The number of carbonyl (C=O) groups is 4. The van der Waals surface area contributed by atoms with Crippen LogP contribution in [-0.2, 0) is 14.4 Å². The van der Waals surface area contributed by atoms with Crippen molar-refractivity contribution in [2.45, 2.75) is 19.8 Å². The summed E-state index contributed by atoms with van der Waals surface area (Å²) in [5.74, 6) is -2.49. The molecule has 8 heteroatoms.